The van der Waals surface area contributed by atoms with Gasteiger partial charge in [-0.05, 0) is 51.1 Å². The third-order valence-corrected chi connectivity index (χ3v) is 6.86. The fourth-order valence-corrected chi connectivity index (χ4v) is 4.74. The van der Waals surface area contributed by atoms with E-state index in [-0.39, 0.29) is 23.8 Å². The predicted molar refractivity (Wildman–Crippen MR) is 165 cm³/mol. The van der Waals surface area contributed by atoms with Crippen LogP contribution in [0.25, 0.3) is 0 Å². The molecule has 0 saturated heterocycles. The monoisotopic (exact) mass is 670 g/mol. The molecule has 1 unspecified atom stereocenters. The second-order valence-electron chi connectivity index (χ2n) is 11.7. The van der Waals surface area contributed by atoms with Gasteiger partial charge < -0.3 is 4.74 Å². The van der Waals surface area contributed by atoms with Crippen LogP contribution in [0.3, 0.4) is 0 Å². The number of carbonyl (C=O) groups excluding carboxylic acids is 2. The van der Waals surface area contributed by atoms with E-state index >= 15 is 0 Å². The summed E-state index contributed by atoms with van der Waals surface area (Å²) in [6.45, 7) is 4.81. The number of carbonyl (C=O) groups is 2. The van der Waals surface area contributed by atoms with Crippen LogP contribution < -0.4 is 0 Å². The van der Waals surface area contributed by atoms with Crippen LogP contribution in [0.15, 0.2) is 102 Å². The van der Waals surface area contributed by atoms with Gasteiger partial charge in [0.1, 0.15) is 5.60 Å². The van der Waals surface area contributed by atoms with Crippen molar-refractivity contribution >= 4 is 23.2 Å². The number of halogens is 6. The summed E-state index contributed by atoms with van der Waals surface area (Å²) in [6.07, 6.45) is -10.9. The van der Waals surface area contributed by atoms with E-state index < -0.39 is 75.0 Å². The van der Waals surface area contributed by atoms with Crippen molar-refractivity contribution in [2.75, 3.05) is 0 Å². The standard InChI is InChI=1S/C35H28F6N2O5/c1-33(2,3)48-32(45)28(42-30(21-10-6-4-7-11-21)22-12-8-5-9-13-22)19-24-16-23(14-15-29(24)43(46)47)31(44)25-17-26(34(36,37)38)20-27(18-25)35(39,40)41/h4-18,20,28H,19H2,1-3H3. The number of hydrogen-bond donors (Lipinski definition) is 0. The minimum atomic E-state index is -5.20. The second-order valence-corrected chi connectivity index (χ2v) is 11.7. The molecule has 0 radical (unpaired) electrons. The lowest BCUT2D eigenvalue weighted by Crippen LogP contribution is -2.33. The summed E-state index contributed by atoms with van der Waals surface area (Å²) in [5.41, 5.74) is -5.03. The summed E-state index contributed by atoms with van der Waals surface area (Å²) in [6, 6.07) is 19.3. The lowest BCUT2D eigenvalue weighted by atomic mass is 9.94. The molecule has 0 heterocycles. The van der Waals surface area contributed by atoms with E-state index in [1.807, 2.05) is 0 Å². The molecule has 0 aliphatic carbocycles. The minimum absolute atomic E-state index is 0.113. The van der Waals surface area contributed by atoms with Crippen molar-refractivity contribution in [1.29, 1.82) is 0 Å². The first kappa shape index (κ1) is 35.5. The van der Waals surface area contributed by atoms with Crippen molar-refractivity contribution < 1.29 is 45.6 Å². The Bertz CT molecular complexity index is 1770. The average molecular weight is 671 g/mol. The maximum absolute atomic E-state index is 13.6. The summed E-state index contributed by atoms with van der Waals surface area (Å²) < 4.78 is 86.5. The number of rotatable bonds is 9. The average Bonchev–Trinajstić information content (AvgIpc) is 3.01. The largest absolute Gasteiger partial charge is 0.458 e. The van der Waals surface area contributed by atoms with E-state index in [0.29, 0.717) is 16.8 Å². The molecule has 0 fully saturated rings. The third kappa shape index (κ3) is 8.93. The Morgan fingerprint density at radius 1 is 0.729 bits per heavy atom. The van der Waals surface area contributed by atoms with Gasteiger partial charge in [-0.15, -0.1) is 0 Å². The van der Waals surface area contributed by atoms with Gasteiger partial charge in [0.15, 0.2) is 11.8 Å². The Hall–Kier alpha value is -5.33. The lowest BCUT2D eigenvalue weighted by Gasteiger charge is -2.23. The molecule has 0 aromatic heterocycles. The number of alkyl halides is 6. The van der Waals surface area contributed by atoms with Crippen molar-refractivity contribution in [3.63, 3.8) is 0 Å². The fraction of sp³-hybridized carbons (Fsp3) is 0.229. The number of nitro groups is 1. The molecule has 7 nitrogen and oxygen atoms in total. The van der Waals surface area contributed by atoms with Crippen LogP contribution in [0, 0.1) is 10.1 Å². The lowest BCUT2D eigenvalue weighted by molar-refractivity contribution is -0.385. The minimum Gasteiger partial charge on any atom is -0.458 e. The van der Waals surface area contributed by atoms with Gasteiger partial charge in [-0.2, -0.15) is 26.3 Å². The first-order valence-corrected chi connectivity index (χ1v) is 14.4. The van der Waals surface area contributed by atoms with Crippen molar-refractivity contribution in [1.82, 2.24) is 0 Å². The predicted octanol–water partition coefficient (Wildman–Crippen LogP) is 8.65. The molecule has 0 saturated carbocycles. The van der Waals surface area contributed by atoms with Crippen LogP contribution in [-0.4, -0.2) is 34.0 Å². The van der Waals surface area contributed by atoms with Crippen LogP contribution in [0.1, 0.15) is 64.5 Å². The zero-order valence-corrected chi connectivity index (χ0v) is 25.7. The maximum Gasteiger partial charge on any atom is 0.416 e. The van der Waals surface area contributed by atoms with Gasteiger partial charge >= 0.3 is 18.3 Å². The van der Waals surface area contributed by atoms with Gasteiger partial charge in [0.05, 0.1) is 21.8 Å². The molecule has 48 heavy (non-hydrogen) atoms. The fourth-order valence-electron chi connectivity index (χ4n) is 4.74. The zero-order valence-electron chi connectivity index (χ0n) is 25.7. The summed E-state index contributed by atoms with van der Waals surface area (Å²) in [4.78, 5) is 42.9. The first-order chi connectivity index (χ1) is 22.3. The van der Waals surface area contributed by atoms with Crippen LogP contribution in [-0.2, 0) is 28.3 Å². The second kappa shape index (κ2) is 13.8. The third-order valence-electron chi connectivity index (χ3n) is 6.86. The van der Waals surface area contributed by atoms with E-state index in [0.717, 1.165) is 18.2 Å². The van der Waals surface area contributed by atoms with Crippen LogP contribution in [0.5, 0.6) is 0 Å². The van der Waals surface area contributed by atoms with Crippen LogP contribution in [0.4, 0.5) is 32.0 Å². The number of hydrogen-bond acceptors (Lipinski definition) is 6. The Kier molecular flexibility index (Phi) is 10.2. The quantitative estimate of drug-likeness (QED) is 0.0443. The van der Waals surface area contributed by atoms with Gasteiger partial charge in [-0.25, -0.2) is 4.79 Å². The number of ether oxygens (including phenoxy) is 1. The van der Waals surface area contributed by atoms with Crippen LogP contribution >= 0.6 is 0 Å². The van der Waals surface area contributed by atoms with Crippen molar-refractivity contribution in [3.05, 3.63) is 146 Å². The van der Waals surface area contributed by atoms with Crippen molar-refractivity contribution in [3.8, 4) is 0 Å². The number of esters is 1. The molecule has 4 rings (SSSR count). The molecule has 0 aliphatic heterocycles. The number of nitrogens with zero attached hydrogens (tertiary/aromatic N) is 2. The highest BCUT2D eigenvalue weighted by molar-refractivity contribution is 6.13. The van der Waals surface area contributed by atoms with E-state index in [1.54, 1.807) is 81.4 Å². The Morgan fingerprint density at radius 2 is 1.23 bits per heavy atom. The van der Waals surface area contributed by atoms with E-state index in [9.17, 15) is 46.0 Å². The summed E-state index contributed by atoms with van der Waals surface area (Å²) in [5, 5.41) is 12.0. The van der Waals surface area contributed by atoms with Crippen molar-refractivity contribution in [2.24, 2.45) is 4.99 Å². The van der Waals surface area contributed by atoms with E-state index in [4.69, 9.17) is 9.73 Å². The highest BCUT2D eigenvalue weighted by atomic mass is 19.4. The number of aliphatic imine (C=N–C) groups is 1. The topological polar surface area (TPSA) is 98.9 Å². The Balaban J connectivity index is 1.87. The van der Waals surface area contributed by atoms with Crippen molar-refractivity contribution in [2.45, 2.75) is 51.2 Å². The van der Waals surface area contributed by atoms with E-state index in [2.05, 4.69) is 0 Å². The molecule has 0 amide bonds. The SMILES string of the molecule is CC(C)(C)OC(=O)C(Cc1cc(C(=O)c2cc(C(F)(F)F)cc(C(F)(F)F)c2)ccc1[N+](=O)[O-])N=C(c1ccccc1)c1ccccc1. The zero-order chi connectivity index (χ0) is 35.4. The highest BCUT2D eigenvalue weighted by Gasteiger charge is 2.38. The first-order valence-electron chi connectivity index (χ1n) is 14.4. The molecule has 4 aromatic carbocycles. The molecule has 13 heteroatoms. The Labute approximate surface area is 271 Å². The highest BCUT2D eigenvalue weighted by Crippen LogP contribution is 2.37. The molecule has 1 atom stereocenters. The molecule has 0 N–H and O–H groups in total. The van der Waals surface area contributed by atoms with Crippen LogP contribution in [0.2, 0.25) is 0 Å². The van der Waals surface area contributed by atoms with Gasteiger partial charge in [0.25, 0.3) is 5.69 Å². The van der Waals surface area contributed by atoms with Gasteiger partial charge in [-0.3, -0.25) is 19.9 Å². The number of nitro benzene ring substituents is 1. The summed E-state index contributed by atoms with van der Waals surface area (Å²) in [5.74, 6) is -2.13. The molecular formula is C35H28F6N2O5. The van der Waals surface area contributed by atoms with E-state index in [1.165, 1.54) is 0 Å². The maximum atomic E-state index is 13.6. The molecular weight excluding hydrogens is 642 g/mol. The van der Waals surface area contributed by atoms with Gasteiger partial charge in [0, 0.05) is 40.3 Å². The normalized spacial score (nSPS) is 12.6. The number of ketones is 1. The van der Waals surface area contributed by atoms with Gasteiger partial charge in [0.2, 0.25) is 0 Å². The Morgan fingerprint density at radius 3 is 1.67 bits per heavy atom. The van der Waals surface area contributed by atoms with Gasteiger partial charge in [-0.1, -0.05) is 60.7 Å². The smallest absolute Gasteiger partial charge is 0.416 e. The summed E-state index contributed by atoms with van der Waals surface area (Å²) >= 11 is 0. The molecule has 0 bridgehead atoms. The molecule has 0 aliphatic rings. The molecule has 250 valence electrons. The number of benzene rings is 4. The molecule has 4 aromatic rings. The molecule has 0 spiro atoms. The summed E-state index contributed by atoms with van der Waals surface area (Å²) in [7, 11) is 0.